The van der Waals surface area contributed by atoms with Crippen LogP contribution in [0.5, 0.6) is 0 Å². The third kappa shape index (κ3) is 2.94. The second-order valence-corrected chi connectivity index (χ2v) is 4.83. The summed E-state index contributed by atoms with van der Waals surface area (Å²) in [5.74, 6) is -0.877. The monoisotopic (exact) mass is 262 g/mol. The largest absolute Gasteiger partial charge is 0.480 e. The van der Waals surface area contributed by atoms with Gasteiger partial charge >= 0.3 is 5.97 Å². The van der Waals surface area contributed by atoms with Gasteiger partial charge in [0.05, 0.1) is 16.1 Å². The molecule has 0 aliphatic heterocycles. The van der Waals surface area contributed by atoms with Gasteiger partial charge in [0.2, 0.25) is 0 Å². The van der Waals surface area contributed by atoms with Crippen molar-refractivity contribution in [3.63, 3.8) is 0 Å². The Hall–Kier alpha value is -1.72. The van der Waals surface area contributed by atoms with E-state index >= 15 is 0 Å². The minimum atomic E-state index is -0.877. The number of nitrogens with zero attached hydrogens (tertiary/aromatic N) is 1. The van der Waals surface area contributed by atoms with E-state index in [0.717, 1.165) is 16.1 Å². The zero-order valence-electron chi connectivity index (χ0n) is 9.96. The van der Waals surface area contributed by atoms with Crippen LogP contribution in [0.3, 0.4) is 0 Å². The summed E-state index contributed by atoms with van der Waals surface area (Å²) in [6.07, 6.45) is 0. The Kier molecular flexibility index (Phi) is 4.07. The van der Waals surface area contributed by atoms with Crippen molar-refractivity contribution in [2.75, 3.05) is 0 Å². The summed E-state index contributed by atoms with van der Waals surface area (Å²) >= 11 is 1.37. The number of hydrogen-bond donors (Lipinski definition) is 2. The predicted molar refractivity (Wildman–Crippen MR) is 70.5 cm³/mol. The lowest BCUT2D eigenvalue weighted by molar-refractivity contribution is -0.139. The lowest BCUT2D eigenvalue weighted by Gasteiger charge is -2.13. The van der Waals surface area contributed by atoms with Crippen LogP contribution in [0.1, 0.15) is 22.2 Å². The van der Waals surface area contributed by atoms with Gasteiger partial charge < -0.3 is 5.11 Å². The molecule has 1 aromatic carbocycles. The van der Waals surface area contributed by atoms with Crippen molar-refractivity contribution in [3.8, 4) is 0 Å². The lowest BCUT2D eigenvalue weighted by atomic mass is 10.2. The van der Waals surface area contributed by atoms with Gasteiger partial charge in [0.25, 0.3) is 0 Å². The number of carboxylic acids is 1. The quantitative estimate of drug-likeness (QED) is 0.868. The van der Waals surface area contributed by atoms with E-state index in [1.165, 1.54) is 11.3 Å². The third-order valence-electron chi connectivity index (χ3n) is 2.64. The van der Waals surface area contributed by atoms with Gasteiger partial charge in [0, 0.05) is 6.54 Å². The second-order valence-electron chi connectivity index (χ2n) is 3.94. The number of nitrogens with one attached hydrogen (secondary N) is 1. The van der Waals surface area contributed by atoms with E-state index in [4.69, 9.17) is 0 Å². The maximum atomic E-state index is 11.3. The van der Waals surface area contributed by atoms with Crippen LogP contribution >= 0.6 is 11.3 Å². The third-order valence-corrected chi connectivity index (χ3v) is 3.64. The Labute approximate surface area is 109 Å². The highest BCUT2D eigenvalue weighted by Gasteiger charge is 2.22. The van der Waals surface area contributed by atoms with Crippen molar-refractivity contribution in [2.45, 2.75) is 19.5 Å². The zero-order chi connectivity index (χ0) is 13.0. The minimum Gasteiger partial charge on any atom is -0.480 e. The molecule has 4 nitrogen and oxygen atoms in total. The molecule has 1 unspecified atom stereocenters. The Bertz CT molecular complexity index is 525. The molecule has 2 rings (SSSR count). The van der Waals surface area contributed by atoms with Crippen LogP contribution in [0.4, 0.5) is 0 Å². The highest BCUT2D eigenvalue weighted by atomic mass is 32.1. The average molecular weight is 262 g/mol. The number of aromatic nitrogens is 1. The number of carbonyl (C=O) groups is 1. The van der Waals surface area contributed by atoms with Gasteiger partial charge in [-0.2, -0.15) is 0 Å². The summed E-state index contributed by atoms with van der Waals surface area (Å²) in [4.78, 5) is 16.1. The molecule has 2 aromatic rings. The molecule has 18 heavy (non-hydrogen) atoms. The smallest absolute Gasteiger partial charge is 0.326 e. The summed E-state index contributed by atoms with van der Waals surface area (Å²) in [6, 6.07) is 9.04. The van der Waals surface area contributed by atoms with Crippen LogP contribution < -0.4 is 5.32 Å². The Balaban J connectivity index is 2.09. The zero-order valence-corrected chi connectivity index (χ0v) is 10.8. The molecule has 0 spiro atoms. The first kappa shape index (κ1) is 12.7. The van der Waals surface area contributed by atoms with E-state index in [9.17, 15) is 9.90 Å². The molecule has 0 bridgehead atoms. The molecular weight excluding hydrogens is 248 g/mol. The molecule has 2 N–H and O–H groups in total. The molecule has 1 atom stereocenters. The molecule has 0 amide bonds. The SMILES string of the molecule is Cc1ncsc1C(NCc1ccccc1)C(=O)O. The van der Waals surface area contributed by atoms with Gasteiger partial charge in [-0.25, -0.2) is 4.98 Å². The minimum absolute atomic E-state index is 0.523. The molecule has 5 heteroatoms. The van der Waals surface area contributed by atoms with Crippen LogP contribution in [-0.4, -0.2) is 16.1 Å². The number of benzene rings is 1. The Morgan fingerprint density at radius 2 is 2.17 bits per heavy atom. The first-order chi connectivity index (χ1) is 8.68. The van der Waals surface area contributed by atoms with Crippen LogP contribution in [0, 0.1) is 6.92 Å². The number of thiazole rings is 1. The van der Waals surface area contributed by atoms with Crippen molar-refractivity contribution in [1.29, 1.82) is 0 Å². The summed E-state index contributed by atoms with van der Waals surface area (Å²) < 4.78 is 0. The number of aliphatic carboxylic acids is 1. The standard InChI is InChI=1S/C13H14N2O2S/c1-9-12(18-8-15-9)11(13(16)17)14-7-10-5-3-2-4-6-10/h2-6,8,11,14H,7H2,1H3,(H,16,17). The number of carboxylic acid groups (broad SMARTS) is 1. The maximum absolute atomic E-state index is 11.3. The first-order valence-electron chi connectivity index (χ1n) is 5.58. The van der Waals surface area contributed by atoms with Gasteiger partial charge in [-0.3, -0.25) is 10.1 Å². The average Bonchev–Trinajstić information content (AvgIpc) is 2.77. The van der Waals surface area contributed by atoms with Crippen molar-refractivity contribution in [2.24, 2.45) is 0 Å². The molecule has 94 valence electrons. The molecule has 0 fully saturated rings. The van der Waals surface area contributed by atoms with Crippen LogP contribution in [0.15, 0.2) is 35.8 Å². The normalized spacial score (nSPS) is 12.3. The number of rotatable bonds is 5. The highest BCUT2D eigenvalue weighted by molar-refractivity contribution is 7.10. The molecule has 0 saturated heterocycles. The number of hydrogen-bond acceptors (Lipinski definition) is 4. The molecule has 1 aromatic heterocycles. The highest BCUT2D eigenvalue weighted by Crippen LogP contribution is 2.22. The van der Waals surface area contributed by atoms with E-state index in [1.807, 2.05) is 37.3 Å². The van der Waals surface area contributed by atoms with Gasteiger partial charge in [0.15, 0.2) is 0 Å². The lowest BCUT2D eigenvalue weighted by Crippen LogP contribution is -2.27. The predicted octanol–water partition coefficient (Wildman–Crippen LogP) is 2.37. The van der Waals surface area contributed by atoms with Gasteiger partial charge in [-0.15, -0.1) is 11.3 Å². The summed E-state index contributed by atoms with van der Waals surface area (Å²) in [6.45, 7) is 2.35. The number of aryl methyl sites for hydroxylation is 1. The van der Waals surface area contributed by atoms with E-state index in [0.29, 0.717) is 6.54 Å². The van der Waals surface area contributed by atoms with Gasteiger partial charge in [-0.05, 0) is 12.5 Å². The fourth-order valence-electron chi connectivity index (χ4n) is 1.70. The van der Waals surface area contributed by atoms with E-state index in [-0.39, 0.29) is 0 Å². The summed E-state index contributed by atoms with van der Waals surface area (Å²) in [5.41, 5.74) is 3.50. The van der Waals surface area contributed by atoms with Crippen LogP contribution in [0.2, 0.25) is 0 Å². The molecule has 1 heterocycles. The maximum Gasteiger partial charge on any atom is 0.326 e. The van der Waals surface area contributed by atoms with E-state index in [2.05, 4.69) is 10.3 Å². The van der Waals surface area contributed by atoms with Crippen LogP contribution in [0.25, 0.3) is 0 Å². The molecular formula is C13H14N2O2S. The molecule has 0 saturated carbocycles. The van der Waals surface area contributed by atoms with Crippen LogP contribution in [-0.2, 0) is 11.3 Å². The first-order valence-corrected chi connectivity index (χ1v) is 6.46. The van der Waals surface area contributed by atoms with Crippen molar-refractivity contribution >= 4 is 17.3 Å². The van der Waals surface area contributed by atoms with E-state index < -0.39 is 12.0 Å². The Morgan fingerprint density at radius 3 is 2.72 bits per heavy atom. The van der Waals surface area contributed by atoms with Crippen molar-refractivity contribution in [1.82, 2.24) is 10.3 Å². The summed E-state index contributed by atoms with van der Waals surface area (Å²) in [5, 5.41) is 12.3. The fourth-order valence-corrected chi connectivity index (χ4v) is 2.56. The topological polar surface area (TPSA) is 62.2 Å². The summed E-state index contributed by atoms with van der Waals surface area (Å²) in [7, 11) is 0. The molecule has 0 aliphatic rings. The second kappa shape index (κ2) is 5.75. The molecule has 0 aliphatic carbocycles. The van der Waals surface area contributed by atoms with Crippen molar-refractivity contribution in [3.05, 3.63) is 52.0 Å². The van der Waals surface area contributed by atoms with Crippen molar-refractivity contribution < 1.29 is 9.90 Å². The van der Waals surface area contributed by atoms with E-state index in [1.54, 1.807) is 5.51 Å². The van der Waals surface area contributed by atoms with Gasteiger partial charge in [0.1, 0.15) is 6.04 Å². The fraction of sp³-hybridized carbons (Fsp3) is 0.231. The molecule has 0 radical (unpaired) electrons. The van der Waals surface area contributed by atoms with Gasteiger partial charge in [-0.1, -0.05) is 30.3 Å². The Morgan fingerprint density at radius 1 is 1.44 bits per heavy atom.